The van der Waals surface area contributed by atoms with Gasteiger partial charge in [-0.15, -0.1) is 0 Å². The Balaban J connectivity index is 1.75. The zero-order valence-corrected chi connectivity index (χ0v) is 13.4. The van der Waals surface area contributed by atoms with Gasteiger partial charge < -0.3 is 0 Å². The van der Waals surface area contributed by atoms with E-state index in [-0.39, 0.29) is 5.78 Å². The van der Waals surface area contributed by atoms with Crippen molar-refractivity contribution < 1.29 is 4.79 Å². The minimum absolute atomic E-state index is 0.0706. The lowest BCUT2D eigenvalue weighted by Gasteiger charge is -2.14. The highest BCUT2D eigenvalue weighted by molar-refractivity contribution is 6.35. The van der Waals surface area contributed by atoms with Gasteiger partial charge in [-0.05, 0) is 23.8 Å². The number of rotatable bonds is 4. The molecule has 0 saturated heterocycles. The number of hydrogen-bond donors (Lipinski definition) is 0. The van der Waals surface area contributed by atoms with Crippen molar-refractivity contribution in [3.8, 4) is 0 Å². The Morgan fingerprint density at radius 3 is 2.09 bits per heavy atom. The third-order valence-corrected chi connectivity index (χ3v) is 4.08. The molecule has 3 rings (SSSR count). The minimum Gasteiger partial charge on any atom is -0.292 e. The molecule has 0 saturated carbocycles. The van der Waals surface area contributed by atoms with Crippen LogP contribution in [0.25, 0.3) is 0 Å². The average molecular weight is 332 g/mol. The summed E-state index contributed by atoms with van der Waals surface area (Å²) in [6.07, 6.45) is 4.33. The molecule has 0 spiro atoms. The number of benzene rings is 2. The Bertz CT molecular complexity index is 694. The summed E-state index contributed by atoms with van der Waals surface area (Å²) >= 11 is 11.9. The molecular weight excluding hydrogens is 317 g/mol. The number of carbonyl (C=O) groups is 1. The average Bonchev–Trinajstić information content (AvgIpc) is 2.99. The van der Waals surface area contributed by atoms with Gasteiger partial charge in [0.2, 0.25) is 0 Å². The molecule has 112 valence electrons. The van der Waals surface area contributed by atoms with E-state index in [4.69, 9.17) is 23.2 Å². The SMILES string of the molecule is O=C(c1ccc(CN2CC=CC2)cc1)c1cc(Cl)cc(Cl)c1. The summed E-state index contributed by atoms with van der Waals surface area (Å²) in [5.74, 6) is -0.0706. The van der Waals surface area contributed by atoms with Gasteiger partial charge in [0.25, 0.3) is 0 Å². The molecule has 0 N–H and O–H groups in total. The topological polar surface area (TPSA) is 20.3 Å². The number of hydrogen-bond acceptors (Lipinski definition) is 2. The van der Waals surface area contributed by atoms with Crippen molar-refractivity contribution in [3.63, 3.8) is 0 Å². The van der Waals surface area contributed by atoms with Crippen LogP contribution in [0.15, 0.2) is 54.6 Å². The third kappa shape index (κ3) is 3.58. The van der Waals surface area contributed by atoms with Gasteiger partial charge in [0.15, 0.2) is 5.78 Å². The van der Waals surface area contributed by atoms with Gasteiger partial charge in [0.1, 0.15) is 0 Å². The molecule has 0 atom stereocenters. The first-order valence-electron chi connectivity index (χ1n) is 7.09. The number of carbonyl (C=O) groups excluding carboxylic acids is 1. The third-order valence-electron chi connectivity index (χ3n) is 3.64. The predicted molar refractivity (Wildman–Crippen MR) is 90.8 cm³/mol. The predicted octanol–water partition coefficient (Wildman–Crippen LogP) is 4.60. The van der Waals surface area contributed by atoms with E-state index in [0.29, 0.717) is 21.2 Å². The first kappa shape index (κ1) is 15.3. The van der Waals surface area contributed by atoms with E-state index in [1.807, 2.05) is 24.3 Å². The zero-order valence-electron chi connectivity index (χ0n) is 11.9. The van der Waals surface area contributed by atoms with Crippen molar-refractivity contribution in [2.24, 2.45) is 0 Å². The van der Waals surface area contributed by atoms with Gasteiger partial charge in [-0.2, -0.15) is 0 Å². The highest BCUT2D eigenvalue weighted by Gasteiger charge is 2.12. The van der Waals surface area contributed by atoms with Crippen LogP contribution in [0, 0.1) is 0 Å². The van der Waals surface area contributed by atoms with E-state index < -0.39 is 0 Å². The summed E-state index contributed by atoms with van der Waals surface area (Å²) in [7, 11) is 0. The first-order chi connectivity index (χ1) is 10.6. The normalized spacial score (nSPS) is 14.5. The largest absolute Gasteiger partial charge is 0.292 e. The molecule has 2 aromatic carbocycles. The second-order valence-electron chi connectivity index (χ2n) is 5.35. The standard InChI is InChI=1S/C18H15Cl2NO/c19-16-9-15(10-17(20)11-16)18(22)14-5-3-13(4-6-14)12-21-7-1-2-8-21/h1-6,9-11H,7-8,12H2. The summed E-state index contributed by atoms with van der Waals surface area (Å²) in [5.41, 5.74) is 2.35. The summed E-state index contributed by atoms with van der Waals surface area (Å²) < 4.78 is 0. The quantitative estimate of drug-likeness (QED) is 0.603. The smallest absolute Gasteiger partial charge is 0.193 e. The maximum absolute atomic E-state index is 12.5. The van der Waals surface area contributed by atoms with Crippen molar-refractivity contribution in [2.75, 3.05) is 13.1 Å². The molecule has 2 nitrogen and oxygen atoms in total. The Labute approximate surface area is 140 Å². The van der Waals surface area contributed by atoms with E-state index >= 15 is 0 Å². The molecular formula is C18H15Cl2NO. The van der Waals surface area contributed by atoms with Gasteiger partial charge in [-0.3, -0.25) is 9.69 Å². The number of nitrogens with zero attached hydrogens (tertiary/aromatic N) is 1. The van der Waals surface area contributed by atoms with Crippen LogP contribution in [-0.2, 0) is 6.54 Å². The fourth-order valence-corrected chi connectivity index (χ4v) is 3.05. The van der Waals surface area contributed by atoms with Crippen LogP contribution in [0.4, 0.5) is 0 Å². The van der Waals surface area contributed by atoms with Gasteiger partial charge in [-0.25, -0.2) is 0 Å². The molecule has 4 heteroatoms. The molecule has 0 radical (unpaired) electrons. The highest BCUT2D eigenvalue weighted by atomic mass is 35.5. The molecule has 1 heterocycles. The fraction of sp³-hybridized carbons (Fsp3) is 0.167. The van der Waals surface area contributed by atoms with Crippen LogP contribution in [0.5, 0.6) is 0 Å². The minimum atomic E-state index is -0.0706. The summed E-state index contributed by atoms with van der Waals surface area (Å²) in [6.45, 7) is 2.87. The molecule has 0 bridgehead atoms. The first-order valence-corrected chi connectivity index (χ1v) is 7.84. The second kappa shape index (κ2) is 6.66. The van der Waals surface area contributed by atoms with Gasteiger partial charge >= 0.3 is 0 Å². The second-order valence-corrected chi connectivity index (χ2v) is 6.22. The van der Waals surface area contributed by atoms with E-state index in [2.05, 4.69) is 17.1 Å². The Hall–Kier alpha value is -1.61. The van der Waals surface area contributed by atoms with E-state index in [1.54, 1.807) is 18.2 Å². The van der Waals surface area contributed by atoms with E-state index in [9.17, 15) is 4.79 Å². The lowest BCUT2D eigenvalue weighted by atomic mass is 10.0. The lowest BCUT2D eigenvalue weighted by molar-refractivity contribution is 0.103. The Kier molecular flexibility index (Phi) is 4.63. The van der Waals surface area contributed by atoms with Gasteiger partial charge in [0, 0.05) is 40.8 Å². The summed E-state index contributed by atoms with van der Waals surface area (Å²) in [4.78, 5) is 14.8. The van der Waals surface area contributed by atoms with Crippen LogP contribution < -0.4 is 0 Å². The van der Waals surface area contributed by atoms with Crippen LogP contribution >= 0.6 is 23.2 Å². The number of ketones is 1. The Morgan fingerprint density at radius 1 is 0.909 bits per heavy atom. The molecule has 2 aromatic rings. The fourth-order valence-electron chi connectivity index (χ4n) is 2.52. The van der Waals surface area contributed by atoms with Crippen LogP contribution in [0.2, 0.25) is 10.0 Å². The monoisotopic (exact) mass is 331 g/mol. The maximum atomic E-state index is 12.5. The van der Waals surface area contributed by atoms with Crippen molar-refractivity contribution in [2.45, 2.75) is 6.54 Å². The molecule has 0 amide bonds. The molecule has 0 aliphatic carbocycles. The lowest BCUT2D eigenvalue weighted by Crippen LogP contribution is -2.19. The molecule has 0 unspecified atom stereocenters. The Morgan fingerprint density at radius 2 is 1.50 bits per heavy atom. The van der Waals surface area contributed by atoms with E-state index in [1.165, 1.54) is 5.56 Å². The number of halogens is 2. The van der Waals surface area contributed by atoms with E-state index in [0.717, 1.165) is 19.6 Å². The molecule has 0 aromatic heterocycles. The van der Waals surface area contributed by atoms with Crippen molar-refractivity contribution >= 4 is 29.0 Å². The van der Waals surface area contributed by atoms with Crippen molar-refractivity contribution in [1.29, 1.82) is 0 Å². The van der Waals surface area contributed by atoms with Crippen LogP contribution in [0.1, 0.15) is 21.5 Å². The molecule has 0 fully saturated rings. The summed E-state index contributed by atoms with van der Waals surface area (Å²) in [6, 6.07) is 12.6. The van der Waals surface area contributed by atoms with Gasteiger partial charge in [-0.1, -0.05) is 59.6 Å². The van der Waals surface area contributed by atoms with Crippen LogP contribution in [0.3, 0.4) is 0 Å². The maximum Gasteiger partial charge on any atom is 0.193 e. The van der Waals surface area contributed by atoms with Crippen LogP contribution in [-0.4, -0.2) is 23.8 Å². The van der Waals surface area contributed by atoms with Crippen molar-refractivity contribution in [1.82, 2.24) is 4.90 Å². The molecule has 1 aliphatic heterocycles. The molecule has 1 aliphatic rings. The molecule has 22 heavy (non-hydrogen) atoms. The summed E-state index contributed by atoms with van der Waals surface area (Å²) in [5, 5.41) is 0.933. The highest BCUT2D eigenvalue weighted by Crippen LogP contribution is 2.21. The zero-order chi connectivity index (χ0) is 15.5. The van der Waals surface area contributed by atoms with Gasteiger partial charge in [0.05, 0.1) is 0 Å². The van der Waals surface area contributed by atoms with Crippen molar-refractivity contribution in [3.05, 3.63) is 81.4 Å².